The molecule has 0 saturated carbocycles. The molecule has 210 valence electrons. The first kappa shape index (κ1) is 27.4. The molecule has 3 saturated heterocycles. The number of nitrogens with zero attached hydrogens (tertiary/aromatic N) is 4. The van der Waals surface area contributed by atoms with E-state index in [9.17, 15) is 9.59 Å². The summed E-state index contributed by atoms with van der Waals surface area (Å²) in [6, 6.07) is 9.91. The smallest absolute Gasteiger partial charge is 0.330 e. The van der Waals surface area contributed by atoms with Gasteiger partial charge in [0.05, 0.1) is 25.9 Å². The van der Waals surface area contributed by atoms with E-state index in [0.29, 0.717) is 5.56 Å². The number of alkyl halides is 2. The number of hydrogen-bond acceptors (Lipinski definition) is 9. The van der Waals surface area contributed by atoms with Crippen molar-refractivity contribution in [3.8, 4) is 0 Å². The summed E-state index contributed by atoms with van der Waals surface area (Å²) < 4.78 is 66.4. The summed E-state index contributed by atoms with van der Waals surface area (Å²) in [5, 5.41) is 3.38. The van der Waals surface area contributed by atoms with Gasteiger partial charge in [0, 0.05) is 17.2 Å². The van der Waals surface area contributed by atoms with Gasteiger partial charge in [0.15, 0.2) is 18.1 Å². The van der Waals surface area contributed by atoms with Crippen LogP contribution in [0.25, 0.3) is 10.4 Å². The Morgan fingerprint density at radius 3 is 2.54 bits per heavy atom. The van der Waals surface area contributed by atoms with E-state index in [-0.39, 0.29) is 6.61 Å². The maximum Gasteiger partial charge on any atom is 0.330 e. The van der Waals surface area contributed by atoms with Crippen molar-refractivity contribution in [1.82, 2.24) is 9.55 Å². The average molecular weight is 552 g/mol. The number of hydrogen-bond donors (Lipinski definition) is 1. The molecule has 0 unspecified atom stereocenters. The number of aromatic amines is 1. The quantitative estimate of drug-likeness (QED) is 0.282. The highest BCUT2D eigenvalue weighted by molar-refractivity contribution is 5.13. The second-order valence-electron chi connectivity index (χ2n) is 9.79. The molecule has 0 bridgehead atoms. The van der Waals surface area contributed by atoms with E-state index in [1.165, 1.54) is 6.20 Å². The van der Waals surface area contributed by atoms with Gasteiger partial charge in [-0.3, -0.25) is 14.3 Å². The lowest BCUT2D eigenvalue weighted by molar-refractivity contribution is -0.248. The van der Waals surface area contributed by atoms with E-state index >= 15 is 8.78 Å². The van der Waals surface area contributed by atoms with Crippen LogP contribution in [0.1, 0.15) is 25.6 Å². The first-order valence-electron chi connectivity index (χ1n) is 12.2. The van der Waals surface area contributed by atoms with Crippen LogP contribution in [0.3, 0.4) is 0 Å². The summed E-state index contributed by atoms with van der Waals surface area (Å²) in [5.74, 6) is -4.66. The Kier molecular flexibility index (Phi) is 7.57. The third kappa shape index (κ3) is 5.61. The molecule has 2 aromatic rings. The van der Waals surface area contributed by atoms with Crippen molar-refractivity contribution in [3.05, 3.63) is 79.4 Å². The first-order chi connectivity index (χ1) is 18.6. The second-order valence-corrected chi connectivity index (χ2v) is 9.79. The summed E-state index contributed by atoms with van der Waals surface area (Å²) in [7, 11) is 0. The minimum Gasteiger partial charge on any atom is -0.364 e. The van der Waals surface area contributed by atoms with E-state index in [1.54, 1.807) is 44.2 Å². The Labute approximate surface area is 220 Å². The molecular formula is C24H27F2N5O8. The standard InChI is InChI=1S/C24H27F2N5O8/c1-23(2)38-17-15(36-20(18(17)39-23)31-9-8-16(32)29-22(31)33)12-35-21-24(25,26)19(14(37-21)10-28-30-27)34-11-13-6-4-3-5-7-13/h3-9,14-15,17-21H,10-12H2,1-2H3,(H,29,32,33)/t14-,15-,17-,18-,19-,20-,21-/m1/s1. The zero-order chi connectivity index (χ0) is 27.8. The Bertz CT molecular complexity index is 1330. The van der Waals surface area contributed by atoms with Gasteiger partial charge in [0.1, 0.15) is 18.3 Å². The lowest BCUT2D eigenvalue weighted by atomic mass is 10.1. The van der Waals surface area contributed by atoms with Crippen LogP contribution in [0.15, 0.2) is 57.3 Å². The Hall–Kier alpha value is -3.17. The predicted octanol–water partition coefficient (Wildman–Crippen LogP) is 2.23. The summed E-state index contributed by atoms with van der Waals surface area (Å²) in [5.41, 5.74) is 8.06. The average Bonchev–Trinajstić information content (AvgIpc) is 3.46. The summed E-state index contributed by atoms with van der Waals surface area (Å²) in [6.07, 6.45) is -7.31. The second kappa shape index (κ2) is 10.8. The van der Waals surface area contributed by atoms with Crippen LogP contribution >= 0.6 is 0 Å². The molecule has 3 aliphatic heterocycles. The fourth-order valence-corrected chi connectivity index (χ4v) is 4.91. The van der Waals surface area contributed by atoms with Gasteiger partial charge in [-0.1, -0.05) is 35.4 Å². The number of nitrogens with one attached hydrogen (secondary N) is 1. The van der Waals surface area contributed by atoms with Crippen LogP contribution in [0, 0.1) is 0 Å². The van der Waals surface area contributed by atoms with Crippen molar-refractivity contribution in [3.63, 3.8) is 0 Å². The number of H-pyrrole nitrogens is 1. The Morgan fingerprint density at radius 1 is 1.08 bits per heavy atom. The lowest BCUT2D eigenvalue weighted by Crippen LogP contribution is -2.44. The minimum atomic E-state index is -3.61. The number of aromatic nitrogens is 2. The van der Waals surface area contributed by atoms with E-state index in [1.807, 2.05) is 0 Å². The predicted molar refractivity (Wildman–Crippen MR) is 128 cm³/mol. The highest BCUT2D eigenvalue weighted by atomic mass is 19.3. The normalized spacial score (nSPS) is 32.6. The molecule has 0 amide bonds. The summed E-state index contributed by atoms with van der Waals surface area (Å²) in [4.78, 5) is 28.7. The topological polar surface area (TPSA) is 159 Å². The van der Waals surface area contributed by atoms with E-state index in [2.05, 4.69) is 15.0 Å². The molecule has 15 heteroatoms. The molecule has 39 heavy (non-hydrogen) atoms. The van der Waals surface area contributed by atoms with E-state index in [4.69, 9.17) is 34.0 Å². The van der Waals surface area contributed by atoms with Crippen molar-refractivity contribution in [2.24, 2.45) is 5.11 Å². The monoisotopic (exact) mass is 551 g/mol. The fourth-order valence-electron chi connectivity index (χ4n) is 4.91. The van der Waals surface area contributed by atoms with Gasteiger partial charge >= 0.3 is 11.6 Å². The summed E-state index contributed by atoms with van der Waals surface area (Å²) in [6.45, 7) is 2.42. The van der Waals surface area contributed by atoms with Crippen LogP contribution in [0.4, 0.5) is 8.78 Å². The maximum atomic E-state index is 15.5. The summed E-state index contributed by atoms with van der Waals surface area (Å²) >= 11 is 0. The Morgan fingerprint density at radius 2 is 1.82 bits per heavy atom. The number of azide groups is 1. The van der Waals surface area contributed by atoms with Gasteiger partial charge in [-0.15, -0.1) is 0 Å². The third-order valence-electron chi connectivity index (χ3n) is 6.59. The number of fused-ring (bicyclic) bond motifs is 1. The zero-order valence-electron chi connectivity index (χ0n) is 21.0. The van der Waals surface area contributed by atoms with Crippen LogP contribution in [-0.4, -0.2) is 71.2 Å². The minimum absolute atomic E-state index is 0.116. The van der Waals surface area contributed by atoms with Crippen LogP contribution in [0.5, 0.6) is 0 Å². The van der Waals surface area contributed by atoms with Crippen molar-refractivity contribution in [2.75, 3.05) is 13.2 Å². The van der Waals surface area contributed by atoms with Gasteiger partial charge < -0.3 is 28.4 Å². The van der Waals surface area contributed by atoms with Gasteiger partial charge in [0.25, 0.3) is 5.56 Å². The van der Waals surface area contributed by atoms with Crippen molar-refractivity contribution in [2.45, 2.75) is 75.2 Å². The number of benzene rings is 1. The largest absolute Gasteiger partial charge is 0.364 e. The lowest BCUT2D eigenvalue weighted by Gasteiger charge is -2.26. The van der Waals surface area contributed by atoms with Crippen molar-refractivity contribution >= 4 is 0 Å². The highest BCUT2D eigenvalue weighted by Crippen LogP contribution is 2.44. The molecule has 1 N–H and O–H groups in total. The van der Waals surface area contributed by atoms with Crippen molar-refractivity contribution < 1.29 is 37.2 Å². The molecule has 0 aliphatic carbocycles. The molecule has 7 atom stereocenters. The molecule has 0 spiro atoms. The third-order valence-corrected chi connectivity index (χ3v) is 6.59. The molecule has 3 fully saturated rings. The zero-order valence-corrected chi connectivity index (χ0v) is 21.0. The number of ether oxygens (including phenoxy) is 6. The molecular weight excluding hydrogens is 524 g/mol. The van der Waals surface area contributed by atoms with Gasteiger partial charge in [0.2, 0.25) is 6.29 Å². The van der Waals surface area contributed by atoms with Gasteiger partial charge in [-0.2, -0.15) is 8.78 Å². The molecule has 3 aliphatic rings. The molecule has 5 rings (SSSR count). The highest BCUT2D eigenvalue weighted by Gasteiger charge is 2.62. The van der Waals surface area contributed by atoms with Crippen molar-refractivity contribution in [1.29, 1.82) is 0 Å². The molecule has 0 radical (unpaired) electrons. The SMILES string of the molecule is CC1(C)O[C@@H]2[C@H](O1)[C@@H](CO[C@@H]1O[C@H](CN=[N+]=[N-])[C@@H](OCc3ccccc3)C1(F)F)O[C@H]2n1ccc(=O)[nH]c1=O. The fraction of sp³-hybridized carbons (Fsp3) is 0.583. The molecule has 13 nitrogen and oxygen atoms in total. The van der Waals surface area contributed by atoms with Gasteiger partial charge in [-0.05, 0) is 24.9 Å². The van der Waals surface area contributed by atoms with Crippen LogP contribution in [-0.2, 0) is 35.0 Å². The first-order valence-corrected chi connectivity index (χ1v) is 12.2. The maximum absolute atomic E-state index is 15.5. The van der Waals surface area contributed by atoms with E-state index in [0.717, 1.165) is 10.6 Å². The number of rotatable bonds is 9. The van der Waals surface area contributed by atoms with Gasteiger partial charge in [-0.25, -0.2) is 4.79 Å². The molecule has 1 aromatic carbocycles. The van der Waals surface area contributed by atoms with Crippen LogP contribution < -0.4 is 11.2 Å². The number of halogens is 2. The molecule has 4 heterocycles. The molecule has 1 aromatic heterocycles. The van der Waals surface area contributed by atoms with Crippen LogP contribution in [0.2, 0.25) is 0 Å². The Balaban J connectivity index is 1.31. The van der Waals surface area contributed by atoms with E-state index < -0.39 is 79.1 Å².